The van der Waals surface area contributed by atoms with Crippen LogP contribution in [-0.4, -0.2) is 21.4 Å². The van der Waals surface area contributed by atoms with Crippen molar-refractivity contribution in [2.24, 2.45) is 0 Å². The molecule has 0 aliphatic rings. The van der Waals surface area contributed by atoms with Crippen LogP contribution in [-0.2, 0) is 9.36 Å². The summed E-state index contributed by atoms with van der Waals surface area (Å²) in [5.74, 6) is -0.686. The summed E-state index contributed by atoms with van der Waals surface area (Å²) in [4.78, 5) is 28.9. The Kier molecular flexibility index (Phi) is 3.63. The molecular weight excluding hydrogens is 217 g/mol. The molecular formula is C9H12NO4P. The first-order valence-electron chi connectivity index (χ1n) is 4.32. The first-order valence-corrected chi connectivity index (χ1v) is 6.00. The molecule has 15 heavy (non-hydrogen) atoms. The molecule has 0 aliphatic carbocycles. The topological polar surface area (TPSA) is 86.6 Å². The van der Waals surface area contributed by atoms with Gasteiger partial charge in [0.05, 0.1) is 0 Å². The SMILES string of the molecule is CC(C(=O)Nc1ccccc1)P(=O)(O)O. The summed E-state index contributed by atoms with van der Waals surface area (Å²) in [5.41, 5.74) is -0.819. The second-order valence-electron chi connectivity index (χ2n) is 3.12. The first kappa shape index (κ1) is 11.9. The number of rotatable bonds is 3. The number of carbonyl (C=O) groups excluding carboxylic acids is 1. The summed E-state index contributed by atoms with van der Waals surface area (Å²) in [5, 5.41) is 2.42. The summed E-state index contributed by atoms with van der Waals surface area (Å²) in [7, 11) is -4.36. The number of anilines is 1. The molecule has 1 amide bonds. The van der Waals surface area contributed by atoms with Crippen LogP contribution >= 0.6 is 7.60 Å². The molecule has 0 radical (unpaired) electrons. The lowest BCUT2D eigenvalue weighted by molar-refractivity contribution is -0.115. The summed E-state index contributed by atoms with van der Waals surface area (Å²) >= 11 is 0. The van der Waals surface area contributed by atoms with E-state index in [-0.39, 0.29) is 0 Å². The Hall–Kier alpha value is -1.16. The highest BCUT2D eigenvalue weighted by molar-refractivity contribution is 7.53. The van der Waals surface area contributed by atoms with Gasteiger partial charge in [-0.15, -0.1) is 0 Å². The van der Waals surface area contributed by atoms with Gasteiger partial charge in [0.1, 0.15) is 5.66 Å². The van der Waals surface area contributed by atoms with Crippen molar-refractivity contribution in [2.45, 2.75) is 12.6 Å². The summed E-state index contributed by atoms with van der Waals surface area (Å²) in [6, 6.07) is 8.51. The molecule has 0 bridgehead atoms. The minimum Gasteiger partial charge on any atom is -0.325 e. The molecule has 0 heterocycles. The molecule has 1 atom stereocenters. The zero-order valence-electron chi connectivity index (χ0n) is 8.12. The van der Waals surface area contributed by atoms with Gasteiger partial charge in [-0.1, -0.05) is 18.2 Å². The van der Waals surface area contributed by atoms with E-state index < -0.39 is 19.2 Å². The molecule has 1 aromatic rings. The quantitative estimate of drug-likeness (QED) is 0.679. The van der Waals surface area contributed by atoms with Gasteiger partial charge in [-0.3, -0.25) is 9.36 Å². The van der Waals surface area contributed by atoms with Crippen molar-refractivity contribution in [1.82, 2.24) is 0 Å². The van der Waals surface area contributed by atoms with Gasteiger partial charge < -0.3 is 15.1 Å². The Balaban J connectivity index is 2.69. The number of para-hydroxylation sites is 1. The maximum Gasteiger partial charge on any atom is 0.337 e. The van der Waals surface area contributed by atoms with Crippen LogP contribution in [0.25, 0.3) is 0 Å². The third kappa shape index (κ3) is 3.47. The lowest BCUT2D eigenvalue weighted by Gasteiger charge is -2.13. The van der Waals surface area contributed by atoms with E-state index >= 15 is 0 Å². The number of benzene rings is 1. The highest BCUT2D eigenvalue weighted by Gasteiger charge is 2.30. The van der Waals surface area contributed by atoms with Crippen LogP contribution in [0.15, 0.2) is 30.3 Å². The molecule has 0 aliphatic heterocycles. The molecule has 82 valence electrons. The van der Waals surface area contributed by atoms with E-state index in [9.17, 15) is 9.36 Å². The molecule has 1 aromatic carbocycles. The Morgan fingerprint density at radius 1 is 1.33 bits per heavy atom. The van der Waals surface area contributed by atoms with Gasteiger partial charge in [-0.25, -0.2) is 0 Å². The fraction of sp³-hybridized carbons (Fsp3) is 0.222. The van der Waals surface area contributed by atoms with E-state index in [1.807, 2.05) is 0 Å². The van der Waals surface area contributed by atoms with Crippen molar-refractivity contribution in [2.75, 3.05) is 5.32 Å². The molecule has 0 aromatic heterocycles. The van der Waals surface area contributed by atoms with E-state index in [1.54, 1.807) is 30.3 Å². The lowest BCUT2D eigenvalue weighted by Crippen LogP contribution is -2.25. The zero-order valence-corrected chi connectivity index (χ0v) is 9.02. The van der Waals surface area contributed by atoms with Gasteiger partial charge in [-0.05, 0) is 19.1 Å². The van der Waals surface area contributed by atoms with E-state index in [4.69, 9.17) is 9.79 Å². The van der Waals surface area contributed by atoms with Gasteiger partial charge in [0.25, 0.3) is 0 Å². The van der Waals surface area contributed by atoms with Crippen molar-refractivity contribution in [1.29, 1.82) is 0 Å². The van der Waals surface area contributed by atoms with Crippen molar-refractivity contribution in [3.63, 3.8) is 0 Å². The maximum atomic E-state index is 11.4. The third-order valence-corrected chi connectivity index (χ3v) is 3.17. The van der Waals surface area contributed by atoms with Crippen LogP contribution in [0.3, 0.4) is 0 Å². The van der Waals surface area contributed by atoms with E-state index in [0.29, 0.717) is 5.69 Å². The summed E-state index contributed by atoms with van der Waals surface area (Å²) in [6.07, 6.45) is 0. The average molecular weight is 229 g/mol. The molecule has 6 heteroatoms. The number of carbonyl (C=O) groups is 1. The standard InChI is InChI=1S/C9H12NO4P/c1-7(15(12,13)14)9(11)10-8-5-3-2-4-6-8/h2-7H,1H3,(H,10,11)(H2,12,13,14). The van der Waals surface area contributed by atoms with Crippen LogP contribution in [0.5, 0.6) is 0 Å². The number of hydrogen-bond acceptors (Lipinski definition) is 2. The molecule has 1 unspecified atom stereocenters. The monoisotopic (exact) mass is 229 g/mol. The van der Waals surface area contributed by atoms with Crippen LogP contribution in [0, 0.1) is 0 Å². The van der Waals surface area contributed by atoms with Crippen LogP contribution in [0.2, 0.25) is 0 Å². The van der Waals surface area contributed by atoms with Crippen molar-refractivity contribution in [3.05, 3.63) is 30.3 Å². The predicted molar refractivity (Wildman–Crippen MR) is 56.6 cm³/mol. The molecule has 1 rings (SSSR count). The molecule has 5 nitrogen and oxygen atoms in total. The van der Waals surface area contributed by atoms with Gasteiger partial charge >= 0.3 is 7.60 Å². The number of nitrogens with one attached hydrogen (secondary N) is 1. The van der Waals surface area contributed by atoms with Gasteiger partial charge in [-0.2, -0.15) is 0 Å². The molecule has 0 saturated carbocycles. The Bertz CT molecular complexity index is 386. The Labute approximate surface area is 87.3 Å². The van der Waals surface area contributed by atoms with Crippen LogP contribution in [0.4, 0.5) is 5.69 Å². The van der Waals surface area contributed by atoms with Crippen molar-refractivity contribution >= 4 is 19.2 Å². The molecule has 0 fully saturated rings. The van der Waals surface area contributed by atoms with Crippen LogP contribution in [0.1, 0.15) is 6.92 Å². The molecule has 0 spiro atoms. The number of amides is 1. The minimum absolute atomic E-state index is 0.516. The van der Waals surface area contributed by atoms with Crippen molar-refractivity contribution < 1.29 is 19.1 Å². The second-order valence-corrected chi connectivity index (χ2v) is 5.07. The van der Waals surface area contributed by atoms with Crippen molar-refractivity contribution in [3.8, 4) is 0 Å². The summed E-state index contributed by atoms with van der Waals surface area (Å²) in [6.45, 7) is 1.19. The molecule has 0 saturated heterocycles. The van der Waals surface area contributed by atoms with E-state index in [2.05, 4.69) is 5.32 Å². The Morgan fingerprint density at radius 2 is 1.87 bits per heavy atom. The van der Waals surface area contributed by atoms with Gasteiger partial charge in [0, 0.05) is 5.69 Å². The highest BCUT2D eigenvalue weighted by atomic mass is 31.2. The summed E-state index contributed by atoms with van der Waals surface area (Å²) < 4.78 is 10.8. The minimum atomic E-state index is -4.36. The Morgan fingerprint density at radius 3 is 2.33 bits per heavy atom. The smallest absolute Gasteiger partial charge is 0.325 e. The number of hydrogen-bond donors (Lipinski definition) is 3. The van der Waals surface area contributed by atoms with E-state index in [0.717, 1.165) is 0 Å². The average Bonchev–Trinajstić information content (AvgIpc) is 2.16. The first-order chi connectivity index (χ1) is 6.91. The fourth-order valence-corrected chi connectivity index (χ4v) is 1.29. The van der Waals surface area contributed by atoms with Crippen LogP contribution < -0.4 is 5.32 Å². The van der Waals surface area contributed by atoms with Gasteiger partial charge in [0.15, 0.2) is 0 Å². The third-order valence-electron chi connectivity index (χ3n) is 1.93. The van der Waals surface area contributed by atoms with E-state index in [1.165, 1.54) is 6.92 Å². The maximum absolute atomic E-state index is 11.4. The predicted octanol–water partition coefficient (Wildman–Crippen LogP) is 1.19. The van der Waals surface area contributed by atoms with Gasteiger partial charge in [0.2, 0.25) is 5.91 Å². The lowest BCUT2D eigenvalue weighted by atomic mass is 10.3. The molecule has 3 N–H and O–H groups in total. The normalized spacial score (nSPS) is 13.3. The fourth-order valence-electron chi connectivity index (χ4n) is 0.921. The zero-order chi connectivity index (χ0) is 11.5. The largest absolute Gasteiger partial charge is 0.337 e. The highest BCUT2D eigenvalue weighted by Crippen LogP contribution is 2.41. The second kappa shape index (κ2) is 4.57.